The lowest BCUT2D eigenvalue weighted by Gasteiger charge is -2.06. The molecule has 0 amide bonds. The first-order valence-corrected chi connectivity index (χ1v) is 7.62. The first-order chi connectivity index (χ1) is 11.7. The number of hydrogen-bond acceptors (Lipinski definition) is 4. The molecule has 5 nitrogen and oxygen atoms in total. The van der Waals surface area contributed by atoms with Crippen molar-refractivity contribution in [3.63, 3.8) is 0 Å². The molecule has 0 radical (unpaired) electrons. The third-order valence-corrected chi connectivity index (χ3v) is 4.51. The van der Waals surface area contributed by atoms with Crippen molar-refractivity contribution in [1.82, 2.24) is 0 Å². The number of methoxy groups -OCH3 is 1. The van der Waals surface area contributed by atoms with Gasteiger partial charge in [0.15, 0.2) is 35.4 Å². The van der Waals surface area contributed by atoms with Crippen molar-refractivity contribution in [2.45, 2.75) is 0 Å². The lowest BCUT2D eigenvalue weighted by atomic mass is 10.1. The minimum atomic E-state index is 0.148. The van der Waals surface area contributed by atoms with Crippen molar-refractivity contribution in [1.29, 1.82) is 0 Å². The van der Waals surface area contributed by atoms with Crippen molar-refractivity contribution < 1.29 is 23.7 Å². The van der Waals surface area contributed by atoms with Gasteiger partial charge in [0.05, 0.1) is 17.9 Å². The number of aromatic nitrogens is 1. The summed E-state index contributed by atoms with van der Waals surface area (Å²) < 4.78 is 18.1. The average molecular weight is 320 g/mol. The molecule has 1 N–H and O–H groups in total. The number of nitrogens with zero attached hydrogens (tertiary/aromatic N) is 1. The van der Waals surface area contributed by atoms with Crippen LogP contribution in [0.15, 0.2) is 48.8 Å². The second kappa shape index (κ2) is 4.64. The Morgan fingerprint density at radius 1 is 1.00 bits per heavy atom. The maximum Gasteiger partial charge on any atom is 0.231 e. The number of pyridine rings is 2. The quantitative estimate of drug-likeness (QED) is 0.332. The van der Waals surface area contributed by atoms with Gasteiger partial charge in [-0.05, 0) is 35.0 Å². The Kier molecular flexibility index (Phi) is 2.56. The van der Waals surface area contributed by atoms with Gasteiger partial charge in [0, 0.05) is 12.1 Å². The van der Waals surface area contributed by atoms with Gasteiger partial charge in [-0.15, -0.1) is 0 Å². The van der Waals surface area contributed by atoms with Crippen LogP contribution >= 0.6 is 0 Å². The zero-order valence-electron chi connectivity index (χ0n) is 12.9. The number of phenols is 1. The van der Waals surface area contributed by atoms with Crippen molar-refractivity contribution in [3.8, 4) is 23.0 Å². The van der Waals surface area contributed by atoms with E-state index in [0.717, 1.165) is 38.6 Å². The highest BCUT2D eigenvalue weighted by atomic mass is 16.7. The van der Waals surface area contributed by atoms with E-state index >= 15 is 0 Å². The molecule has 1 aliphatic heterocycles. The summed E-state index contributed by atoms with van der Waals surface area (Å²) in [4.78, 5) is 0. The first-order valence-electron chi connectivity index (χ1n) is 7.62. The summed E-state index contributed by atoms with van der Waals surface area (Å²) in [5, 5.41) is 14.2. The number of rotatable bonds is 1. The topological polar surface area (TPSA) is 52.0 Å². The van der Waals surface area contributed by atoms with Crippen LogP contribution < -0.4 is 18.6 Å². The molecular weight excluding hydrogens is 306 g/mol. The smallest absolute Gasteiger partial charge is 0.231 e. The fraction of sp³-hybridized carbons (Fsp3) is 0.105. The molecule has 118 valence electrons. The van der Waals surface area contributed by atoms with E-state index in [4.69, 9.17) is 14.2 Å². The summed E-state index contributed by atoms with van der Waals surface area (Å²) in [5.41, 5.74) is 1.03. The third kappa shape index (κ3) is 1.72. The van der Waals surface area contributed by atoms with Crippen molar-refractivity contribution >= 4 is 27.1 Å². The molecule has 24 heavy (non-hydrogen) atoms. The molecule has 1 aliphatic rings. The molecule has 0 saturated carbocycles. The van der Waals surface area contributed by atoms with E-state index in [2.05, 4.69) is 6.07 Å². The average Bonchev–Trinajstić information content (AvgIpc) is 3.06. The maximum atomic E-state index is 10.4. The standard InChI is InChI=1S/C19H13NO4/c1-22-16-3-2-11-6-15-13-8-18-17(23-10-24-18)7-12(13)4-5-20(15)9-14(11)19(16)21/h2-9H,10H2,1H3/p+1. The van der Waals surface area contributed by atoms with Gasteiger partial charge in [0.2, 0.25) is 12.3 Å². The lowest BCUT2D eigenvalue weighted by Crippen LogP contribution is -2.20. The Bertz CT molecular complexity index is 1140. The molecular formula is C19H14NO4+. The highest BCUT2D eigenvalue weighted by Crippen LogP contribution is 2.38. The van der Waals surface area contributed by atoms with E-state index in [9.17, 15) is 5.11 Å². The van der Waals surface area contributed by atoms with Gasteiger partial charge in [-0.25, -0.2) is 0 Å². The van der Waals surface area contributed by atoms with E-state index < -0.39 is 0 Å². The van der Waals surface area contributed by atoms with Gasteiger partial charge in [0.1, 0.15) is 0 Å². The van der Waals surface area contributed by atoms with Crippen LogP contribution in [0.2, 0.25) is 0 Å². The first kappa shape index (κ1) is 13.2. The fourth-order valence-electron chi connectivity index (χ4n) is 3.28. The van der Waals surface area contributed by atoms with E-state index in [0.29, 0.717) is 5.75 Å². The summed E-state index contributed by atoms with van der Waals surface area (Å²) in [6.45, 7) is 0.257. The highest BCUT2D eigenvalue weighted by Gasteiger charge is 2.19. The summed E-state index contributed by atoms with van der Waals surface area (Å²) in [6, 6.07) is 11.8. The van der Waals surface area contributed by atoms with Crippen molar-refractivity contribution in [3.05, 3.63) is 48.8 Å². The van der Waals surface area contributed by atoms with E-state index in [1.54, 1.807) is 13.2 Å². The number of hydrogen-bond donors (Lipinski definition) is 1. The van der Waals surface area contributed by atoms with Gasteiger partial charge < -0.3 is 19.3 Å². The van der Waals surface area contributed by atoms with Crippen LogP contribution in [-0.2, 0) is 0 Å². The minimum Gasteiger partial charge on any atom is -0.504 e. The summed E-state index contributed by atoms with van der Waals surface area (Å²) in [6.07, 6.45) is 3.88. The third-order valence-electron chi connectivity index (χ3n) is 4.51. The lowest BCUT2D eigenvalue weighted by molar-refractivity contribution is -0.509. The zero-order chi connectivity index (χ0) is 16.3. The van der Waals surface area contributed by atoms with Crippen molar-refractivity contribution in [2.24, 2.45) is 0 Å². The van der Waals surface area contributed by atoms with Gasteiger partial charge >= 0.3 is 0 Å². The molecule has 0 atom stereocenters. The summed E-state index contributed by atoms with van der Waals surface area (Å²) >= 11 is 0. The van der Waals surface area contributed by atoms with Crippen LogP contribution in [0.1, 0.15) is 0 Å². The summed E-state index contributed by atoms with van der Waals surface area (Å²) in [5.74, 6) is 2.14. The van der Waals surface area contributed by atoms with Crippen LogP contribution in [0.25, 0.3) is 27.1 Å². The molecule has 3 heterocycles. The molecule has 2 aromatic heterocycles. The van der Waals surface area contributed by atoms with Gasteiger partial charge in [-0.3, -0.25) is 0 Å². The molecule has 0 saturated heterocycles. The van der Waals surface area contributed by atoms with Crippen LogP contribution in [0.5, 0.6) is 23.0 Å². The number of phenolic OH excluding ortho intramolecular Hbond substituents is 1. The normalized spacial score (nSPS) is 13.0. The Morgan fingerprint density at radius 3 is 2.62 bits per heavy atom. The Labute approximate surface area is 137 Å². The maximum absolute atomic E-state index is 10.4. The SMILES string of the molecule is COc1ccc2cc3c4cc5c(cc4cc[n+]3cc2c1O)OCO5. The van der Waals surface area contributed by atoms with Crippen LogP contribution in [0.4, 0.5) is 0 Å². The summed E-state index contributed by atoms with van der Waals surface area (Å²) in [7, 11) is 1.55. The second-order valence-corrected chi connectivity index (χ2v) is 5.79. The molecule has 0 unspecified atom stereocenters. The van der Waals surface area contributed by atoms with Crippen molar-refractivity contribution in [2.75, 3.05) is 13.9 Å². The predicted molar refractivity (Wildman–Crippen MR) is 89.0 cm³/mol. The second-order valence-electron chi connectivity index (χ2n) is 5.79. The number of fused-ring (bicyclic) bond motifs is 5. The van der Waals surface area contributed by atoms with E-state index in [-0.39, 0.29) is 12.5 Å². The zero-order valence-corrected chi connectivity index (χ0v) is 12.9. The molecule has 5 heteroatoms. The largest absolute Gasteiger partial charge is 0.504 e. The monoisotopic (exact) mass is 320 g/mol. The molecule has 0 fully saturated rings. The minimum absolute atomic E-state index is 0.148. The number of ether oxygens (including phenoxy) is 3. The predicted octanol–water partition coefficient (Wildman–Crippen LogP) is 3.17. The molecule has 0 aliphatic carbocycles. The molecule has 5 rings (SSSR count). The Hall–Kier alpha value is -3.21. The number of benzene rings is 2. The molecule has 2 aromatic carbocycles. The van der Waals surface area contributed by atoms with Crippen LogP contribution in [-0.4, -0.2) is 19.0 Å². The molecule has 4 aromatic rings. The Morgan fingerprint density at radius 2 is 1.79 bits per heavy atom. The van der Waals surface area contributed by atoms with Gasteiger partial charge in [0.25, 0.3) is 0 Å². The Balaban J connectivity index is 1.89. The van der Waals surface area contributed by atoms with Gasteiger partial charge in [-0.1, -0.05) is 0 Å². The molecule has 0 spiro atoms. The fourth-order valence-corrected chi connectivity index (χ4v) is 3.28. The number of aromatic hydroxyl groups is 1. The van der Waals surface area contributed by atoms with E-state index in [1.807, 2.05) is 41.1 Å². The molecule has 0 bridgehead atoms. The highest BCUT2D eigenvalue weighted by molar-refractivity contribution is 6.00. The van der Waals surface area contributed by atoms with E-state index in [1.165, 1.54) is 0 Å². The van der Waals surface area contributed by atoms with Crippen LogP contribution in [0.3, 0.4) is 0 Å². The van der Waals surface area contributed by atoms with Crippen LogP contribution in [0, 0.1) is 0 Å². The van der Waals surface area contributed by atoms with Gasteiger partial charge in [-0.2, -0.15) is 4.40 Å².